The molecule has 6 rings (SSSR count). The van der Waals surface area contributed by atoms with Crippen molar-refractivity contribution in [2.75, 3.05) is 4.90 Å². The summed E-state index contributed by atoms with van der Waals surface area (Å²) in [6.45, 7) is 13.2. The van der Waals surface area contributed by atoms with Crippen LogP contribution >= 0.6 is 22.7 Å². The molecule has 0 bridgehead atoms. The molecule has 6 heteroatoms. The Balaban J connectivity index is 1.36. The standard InChI is InChI=1S/C44H54BNO2S2/c1-7-9-11-15-21-34-31-39(42-35(22-16-12-10-8-2)32-40(50-42)45-47-43(3,4)44(5,6)48-45)49-41(34)33-27-29-38(30-28-33)46(36-23-17-13-18-24-36)37-25-19-14-20-26-37/h13-14,17-20,23-32H,7-12,15-16,21-22H2,1-6H3. The smallest absolute Gasteiger partial charge is 0.399 e. The highest BCUT2D eigenvalue weighted by atomic mass is 32.1. The molecular weight excluding hydrogens is 649 g/mol. The highest BCUT2D eigenvalue weighted by Crippen LogP contribution is 2.45. The first kappa shape index (κ1) is 36.6. The van der Waals surface area contributed by atoms with Crippen molar-refractivity contribution in [2.24, 2.45) is 0 Å². The first-order chi connectivity index (χ1) is 24.2. The van der Waals surface area contributed by atoms with Crippen LogP contribution in [0, 0.1) is 0 Å². The molecule has 5 aromatic rings. The van der Waals surface area contributed by atoms with E-state index in [0.29, 0.717) is 0 Å². The summed E-state index contributed by atoms with van der Waals surface area (Å²) in [5.41, 5.74) is 6.97. The third-order valence-corrected chi connectivity index (χ3v) is 13.0. The fraction of sp³-hybridized carbons (Fsp3) is 0.409. The Kier molecular flexibility index (Phi) is 12.1. The van der Waals surface area contributed by atoms with E-state index >= 15 is 0 Å². The maximum Gasteiger partial charge on any atom is 0.505 e. The molecule has 3 aromatic carbocycles. The second-order valence-corrected chi connectivity index (χ2v) is 16.9. The minimum absolute atomic E-state index is 0.328. The second-order valence-electron chi connectivity index (χ2n) is 14.7. The van der Waals surface area contributed by atoms with Gasteiger partial charge in [0.15, 0.2) is 0 Å². The lowest BCUT2D eigenvalue weighted by Gasteiger charge is -2.32. The van der Waals surface area contributed by atoms with Crippen LogP contribution in [-0.2, 0) is 22.2 Å². The van der Waals surface area contributed by atoms with Crippen molar-refractivity contribution in [3.63, 3.8) is 0 Å². The Bertz CT molecular complexity index is 1740. The van der Waals surface area contributed by atoms with E-state index in [1.165, 1.54) is 87.5 Å². The van der Waals surface area contributed by atoms with Gasteiger partial charge in [-0.3, -0.25) is 0 Å². The molecule has 1 aliphatic rings. The van der Waals surface area contributed by atoms with Crippen LogP contribution in [0.4, 0.5) is 17.1 Å². The van der Waals surface area contributed by atoms with Crippen molar-refractivity contribution < 1.29 is 9.31 Å². The van der Waals surface area contributed by atoms with Crippen molar-refractivity contribution in [3.05, 3.63) is 108 Å². The number of hydrogen-bond acceptors (Lipinski definition) is 5. The summed E-state index contributed by atoms with van der Waals surface area (Å²) < 4.78 is 14.3. The number of aryl methyl sites for hydroxylation is 2. The van der Waals surface area contributed by atoms with Gasteiger partial charge in [0.1, 0.15) is 0 Å². The molecule has 0 radical (unpaired) electrons. The molecule has 3 heterocycles. The van der Waals surface area contributed by atoms with E-state index in [4.69, 9.17) is 9.31 Å². The summed E-state index contributed by atoms with van der Waals surface area (Å²) in [6, 6.07) is 35.5. The lowest BCUT2D eigenvalue weighted by molar-refractivity contribution is 0.00578. The van der Waals surface area contributed by atoms with Crippen LogP contribution in [0.1, 0.15) is 104 Å². The molecule has 262 valence electrons. The SMILES string of the molecule is CCCCCCc1cc(-c2sc(B3OC(C)(C)C(C)(C)O3)cc2CCCCCC)sc1-c1ccc(N(c2ccccc2)c2ccccc2)cc1. The minimum Gasteiger partial charge on any atom is -0.399 e. The van der Waals surface area contributed by atoms with Gasteiger partial charge < -0.3 is 14.2 Å². The fourth-order valence-electron chi connectivity index (χ4n) is 6.74. The predicted molar refractivity (Wildman–Crippen MR) is 219 cm³/mol. The zero-order valence-electron chi connectivity index (χ0n) is 31.0. The van der Waals surface area contributed by atoms with Crippen LogP contribution in [0.5, 0.6) is 0 Å². The molecule has 0 amide bonds. The van der Waals surface area contributed by atoms with Crippen molar-refractivity contribution >= 4 is 51.6 Å². The number of hydrogen-bond donors (Lipinski definition) is 0. The fourth-order valence-corrected chi connectivity index (χ4v) is 9.26. The zero-order valence-corrected chi connectivity index (χ0v) is 32.6. The summed E-state index contributed by atoms with van der Waals surface area (Å²) in [7, 11) is -0.328. The molecule has 0 saturated carbocycles. The van der Waals surface area contributed by atoms with Gasteiger partial charge in [-0.25, -0.2) is 0 Å². The second kappa shape index (κ2) is 16.5. The van der Waals surface area contributed by atoms with Gasteiger partial charge in [0.05, 0.1) is 11.2 Å². The molecule has 0 unspecified atom stereocenters. The van der Waals surface area contributed by atoms with Gasteiger partial charge in [0.25, 0.3) is 0 Å². The number of benzene rings is 3. The van der Waals surface area contributed by atoms with Gasteiger partial charge in [-0.1, -0.05) is 101 Å². The lowest BCUT2D eigenvalue weighted by Crippen LogP contribution is -2.41. The van der Waals surface area contributed by atoms with Crippen LogP contribution in [0.2, 0.25) is 0 Å². The number of unbranched alkanes of at least 4 members (excludes halogenated alkanes) is 6. The third kappa shape index (κ3) is 8.31. The summed E-state index contributed by atoms with van der Waals surface area (Å²) in [5, 5.41) is 0. The van der Waals surface area contributed by atoms with Crippen molar-refractivity contribution in [1.29, 1.82) is 0 Å². The Labute approximate surface area is 309 Å². The van der Waals surface area contributed by atoms with E-state index in [9.17, 15) is 0 Å². The highest BCUT2D eigenvalue weighted by Gasteiger charge is 2.52. The van der Waals surface area contributed by atoms with Gasteiger partial charge in [-0.2, -0.15) is 0 Å². The summed E-state index contributed by atoms with van der Waals surface area (Å²) in [5.74, 6) is 0. The average Bonchev–Trinajstić information content (AvgIpc) is 3.80. The van der Waals surface area contributed by atoms with Crippen LogP contribution in [0.3, 0.4) is 0 Å². The number of nitrogens with zero attached hydrogens (tertiary/aromatic N) is 1. The first-order valence-electron chi connectivity index (χ1n) is 18.8. The van der Waals surface area contributed by atoms with E-state index in [-0.39, 0.29) is 18.3 Å². The van der Waals surface area contributed by atoms with Gasteiger partial charge >= 0.3 is 7.12 Å². The van der Waals surface area contributed by atoms with Gasteiger partial charge in [0.2, 0.25) is 0 Å². The lowest BCUT2D eigenvalue weighted by atomic mass is 9.87. The van der Waals surface area contributed by atoms with Crippen molar-refractivity contribution in [3.8, 4) is 20.2 Å². The van der Waals surface area contributed by atoms with E-state index in [1.54, 1.807) is 0 Å². The third-order valence-electron chi connectivity index (χ3n) is 10.4. The molecule has 2 aromatic heterocycles. The van der Waals surface area contributed by atoms with Crippen LogP contribution < -0.4 is 9.68 Å². The maximum atomic E-state index is 6.55. The molecular formula is C44H54BNO2S2. The van der Waals surface area contributed by atoms with Gasteiger partial charge in [-0.05, 0) is 119 Å². The van der Waals surface area contributed by atoms with Crippen LogP contribution in [0.15, 0.2) is 97.1 Å². The van der Waals surface area contributed by atoms with E-state index in [2.05, 4.69) is 144 Å². The van der Waals surface area contributed by atoms with Crippen molar-refractivity contribution in [1.82, 2.24) is 0 Å². The minimum atomic E-state index is -0.354. The van der Waals surface area contributed by atoms with Gasteiger partial charge in [0, 0.05) is 36.5 Å². The number of thiophene rings is 2. The molecule has 0 aliphatic carbocycles. The molecule has 50 heavy (non-hydrogen) atoms. The Hall–Kier alpha value is -3.16. The number of rotatable bonds is 16. The van der Waals surface area contributed by atoms with E-state index in [1.807, 2.05) is 22.7 Å². The number of anilines is 3. The maximum absolute atomic E-state index is 6.55. The van der Waals surface area contributed by atoms with Crippen molar-refractivity contribution in [2.45, 2.75) is 117 Å². The Morgan fingerprint density at radius 3 is 1.58 bits per heavy atom. The average molecular weight is 704 g/mol. The molecule has 0 atom stereocenters. The van der Waals surface area contributed by atoms with E-state index in [0.717, 1.165) is 29.9 Å². The molecule has 0 N–H and O–H groups in total. The zero-order chi connectivity index (χ0) is 35.1. The molecule has 1 saturated heterocycles. The highest BCUT2D eigenvalue weighted by molar-refractivity contribution is 7.29. The van der Waals surface area contributed by atoms with Crippen LogP contribution in [-0.4, -0.2) is 18.3 Å². The molecule has 1 fully saturated rings. The molecule has 0 spiro atoms. The molecule has 3 nitrogen and oxygen atoms in total. The normalized spacial score (nSPS) is 15.1. The predicted octanol–water partition coefficient (Wildman–Crippen LogP) is 13.2. The Morgan fingerprint density at radius 1 is 0.560 bits per heavy atom. The summed E-state index contributed by atoms with van der Waals surface area (Å²) in [6.07, 6.45) is 12.3. The first-order valence-corrected chi connectivity index (χ1v) is 20.5. The summed E-state index contributed by atoms with van der Waals surface area (Å²) in [4.78, 5) is 6.51. The van der Waals surface area contributed by atoms with E-state index < -0.39 is 0 Å². The Morgan fingerprint density at radius 2 is 1.06 bits per heavy atom. The number of para-hydroxylation sites is 2. The quantitative estimate of drug-likeness (QED) is 0.0754. The molecule has 1 aliphatic heterocycles. The van der Waals surface area contributed by atoms with Crippen LogP contribution in [0.25, 0.3) is 20.2 Å². The largest absolute Gasteiger partial charge is 0.505 e. The van der Waals surface area contributed by atoms with Gasteiger partial charge in [-0.15, -0.1) is 22.7 Å². The topological polar surface area (TPSA) is 21.7 Å². The monoisotopic (exact) mass is 703 g/mol. The summed E-state index contributed by atoms with van der Waals surface area (Å²) >= 11 is 3.84.